The van der Waals surface area contributed by atoms with Crippen molar-refractivity contribution >= 4 is 11.5 Å². The smallest absolute Gasteiger partial charge is 0.139 e. The number of ketones is 1. The number of nitriles is 1. The summed E-state index contributed by atoms with van der Waals surface area (Å²) in [5.74, 6) is 0.397. The lowest BCUT2D eigenvalue weighted by molar-refractivity contribution is -0.118. The number of carbonyl (C=O) groups is 1. The van der Waals surface area contributed by atoms with Gasteiger partial charge in [-0.1, -0.05) is 37.3 Å². The molecular formula is C20H19N3O. The SMILES string of the molecule is C[C@@H](CC(=O)Cc1cc2c(cn1)C(CC#N)=NC2)c1ccccc1. The van der Waals surface area contributed by atoms with E-state index in [9.17, 15) is 4.79 Å². The van der Waals surface area contributed by atoms with Gasteiger partial charge in [0.15, 0.2) is 0 Å². The number of fused-ring (bicyclic) bond motifs is 1. The van der Waals surface area contributed by atoms with Crippen LogP contribution in [0.25, 0.3) is 0 Å². The third-order valence-corrected chi connectivity index (χ3v) is 4.32. The van der Waals surface area contributed by atoms with E-state index in [-0.39, 0.29) is 11.7 Å². The quantitative estimate of drug-likeness (QED) is 0.817. The highest BCUT2D eigenvalue weighted by Crippen LogP contribution is 2.22. The molecule has 3 rings (SSSR count). The Balaban J connectivity index is 1.63. The Morgan fingerprint density at radius 3 is 2.88 bits per heavy atom. The van der Waals surface area contributed by atoms with Crippen LogP contribution in [-0.2, 0) is 17.8 Å². The molecule has 4 heteroatoms. The number of rotatable bonds is 6. The number of aromatic nitrogens is 1. The minimum atomic E-state index is 0.190. The van der Waals surface area contributed by atoms with Gasteiger partial charge in [-0.2, -0.15) is 5.26 Å². The van der Waals surface area contributed by atoms with Crippen LogP contribution in [0.4, 0.5) is 0 Å². The summed E-state index contributed by atoms with van der Waals surface area (Å²) in [6.07, 6.45) is 2.92. The van der Waals surface area contributed by atoms with Crippen molar-refractivity contribution < 1.29 is 4.79 Å². The average Bonchev–Trinajstić information content (AvgIpc) is 2.98. The highest BCUT2D eigenvalue weighted by Gasteiger charge is 2.18. The van der Waals surface area contributed by atoms with Crippen LogP contribution >= 0.6 is 0 Å². The van der Waals surface area contributed by atoms with Crippen molar-refractivity contribution in [1.29, 1.82) is 5.26 Å². The summed E-state index contributed by atoms with van der Waals surface area (Å²) < 4.78 is 0. The van der Waals surface area contributed by atoms with Crippen molar-refractivity contribution in [1.82, 2.24) is 4.98 Å². The largest absolute Gasteiger partial charge is 0.299 e. The highest BCUT2D eigenvalue weighted by atomic mass is 16.1. The fourth-order valence-electron chi connectivity index (χ4n) is 3.04. The third-order valence-electron chi connectivity index (χ3n) is 4.32. The van der Waals surface area contributed by atoms with E-state index in [0.29, 0.717) is 25.8 Å². The molecule has 1 aromatic heterocycles. The molecule has 120 valence electrons. The van der Waals surface area contributed by atoms with Crippen molar-refractivity contribution in [3.63, 3.8) is 0 Å². The minimum Gasteiger partial charge on any atom is -0.299 e. The lowest BCUT2D eigenvalue weighted by atomic mass is 9.94. The fourth-order valence-corrected chi connectivity index (χ4v) is 3.04. The van der Waals surface area contributed by atoms with Gasteiger partial charge in [0.05, 0.1) is 24.7 Å². The van der Waals surface area contributed by atoms with Gasteiger partial charge in [-0.05, 0) is 23.1 Å². The van der Waals surface area contributed by atoms with Crippen LogP contribution in [0.2, 0.25) is 0 Å². The van der Waals surface area contributed by atoms with Gasteiger partial charge >= 0.3 is 0 Å². The first-order valence-corrected chi connectivity index (χ1v) is 8.12. The van der Waals surface area contributed by atoms with Crippen molar-refractivity contribution in [2.75, 3.05) is 0 Å². The van der Waals surface area contributed by atoms with Gasteiger partial charge in [0.2, 0.25) is 0 Å². The van der Waals surface area contributed by atoms with Gasteiger partial charge < -0.3 is 0 Å². The van der Waals surface area contributed by atoms with Gasteiger partial charge in [0.25, 0.3) is 0 Å². The molecule has 1 aromatic carbocycles. The maximum Gasteiger partial charge on any atom is 0.139 e. The number of aliphatic imine (C=N–C) groups is 1. The molecule has 0 unspecified atom stereocenters. The Morgan fingerprint density at radius 2 is 2.12 bits per heavy atom. The van der Waals surface area contributed by atoms with Gasteiger partial charge in [-0.15, -0.1) is 0 Å². The molecule has 24 heavy (non-hydrogen) atoms. The summed E-state index contributed by atoms with van der Waals surface area (Å²) in [6.45, 7) is 2.65. The molecule has 0 saturated heterocycles. The number of pyridine rings is 1. The van der Waals surface area contributed by atoms with E-state index in [1.807, 2.05) is 24.3 Å². The maximum atomic E-state index is 12.4. The zero-order valence-electron chi connectivity index (χ0n) is 13.7. The molecule has 0 N–H and O–H groups in total. The Morgan fingerprint density at radius 1 is 1.33 bits per heavy atom. The molecule has 0 spiro atoms. The summed E-state index contributed by atoms with van der Waals surface area (Å²) in [7, 11) is 0. The minimum absolute atomic E-state index is 0.190. The third kappa shape index (κ3) is 3.57. The molecule has 1 atom stereocenters. The summed E-state index contributed by atoms with van der Waals surface area (Å²) in [6, 6.07) is 14.2. The Bertz CT molecular complexity index is 819. The van der Waals surface area contributed by atoms with Crippen LogP contribution < -0.4 is 0 Å². The molecule has 0 radical (unpaired) electrons. The normalized spacial score (nSPS) is 13.8. The van der Waals surface area contributed by atoms with Gasteiger partial charge in [-0.25, -0.2) is 0 Å². The summed E-state index contributed by atoms with van der Waals surface area (Å²) >= 11 is 0. The molecular weight excluding hydrogens is 298 g/mol. The molecule has 1 aliphatic heterocycles. The second-order valence-corrected chi connectivity index (χ2v) is 6.16. The first kappa shape index (κ1) is 16.1. The highest BCUT2D eigenvalue weighted by molar-refractivity contribution is 6.04. The van der Waals surface area contributed by atoms with Gasteiger partial charge in [-0.3, -0.25) is 14.8 Å². The van der Waals surface area contributed by atoms with Gasteiger partial charge in [0, 0.05) is 30.3 Å². The molecule has 2 aromatic rings. The van der Waals surface area contributed by atoms with Crippen molar-refractivity contribution in [3.05, 3.63) is 65.0 Å². The average molecular weight is 317 g/mol. The van der Waals surface area contributed by atoms with Crippen molar-refractivity contribution in [3.8, 4) is 6.07 Å². The zero-order valence-corrected chi connectivity index (χ0v) is 13.7. The Kier molecular flexibility index (Phi) is 4.81. The van der Waals surface area contributed by atoms with E-state index in [1.54, 1.807) is 6.20 Å². The van der Waals surface area contributed by atoms with E-state index >= 15 is 0 Å². The number of hydrogen-bond acceptors (Lipinski definition) is 4. The lowest BCUT2D eigenvalue weighted by Crippen LogP contribution is -2.09. The molecule has 4 nitrogen and oxygen atoms in total. The van der Waals surface area contributed by atoms with E-state index < -0.39 is 0 Å². The van der Waals surface area contributed by atoms with Crippen LogP contribution in [0.15, 0.2) is 47.6 Å². The van der Waals surface area contributed by atoms with E-state index in [0.717, 1.165) is 22.5 Å². The molecule has 0 aliphatic carbocycles. The zero-order chi connectivity index (χ0) is 16.9. The predicted octanol–water partition coefficient (Wildman–Crippen LogP) is 3.60. The van der Waals surface area contributed by atoms with E-state index in [2.05, 4.69) is 35.1 Å². The second-order valence-electron chi connectivity index (χ2n) is 6.16. The predicted molar refractivity (Wildman–Crippen MR) is 92.9 cm³/mol. The van der Waals surface area contributed by atoms with Crippen molar-refractivity contribution in [2.24, 2.45) is 4.99 Å². The summed E-state index contributed by atoms with van der Waals surface area (Å²) in [4.78, 5) is 21.1. The number of hydrogen-bond donors (Lipinski definition) is 0. The first-order chi connectivity index (χ1) is 11.7. The molecule has 0 amide bonds. The van der Waals surface area contributed by atoms with Crippen LogP contribution in [0.3, 0.4) is 0 Å². The Hall–Kier alpha value is -2.80. The summed E-state index contributed by atoms with van der Waals surface area (Å²) in [5, 5.41) is 8.81. The number of nitrogens with zero attached hydrogens (tertiary/aromatic N) is 3. The molecule has 0 saturated carbocycles. The van der Waals surface area contributed by atoms with E-state index in [4.69, 9.17) is 5.26 Å². The van der Waals surface area contributed by atoms with E-state index in [1.165, 1.54) is 5.56 Å². The number of Topliss-reactive ketones (excluding diaryl/α,β-unsaturated/α-hetero) is 1. The first-order valence-electron chi connectivity index (χ1n) is 8.12. The van der Waals surface area contributed by atoms with Crippen LogP contribution in [-0.4, -0.2) is 16.5 Å². The van der Waals surface area contributed by atoms with Crippen LogP contribution in [0.5, 0.6) is 0 Å². The van der Waals surface area contributed by atoms with Crippen LogP contribution in [0, 0.1) is 11.3 Å². The molecule has 1 aliphatic rings. The van der Waals surface area contributed by atoms with Gasteiger partial charge in [0.1, 0.15) is 5.78 Å². The number of carbonyl (C=O) groups excluding carboxylic acids is 1. The summed E-state index contributed by atoms with van der Waals surface area (Å²) in [5.41, 5.74) is 4.78. The number of benzene rings is 1. The second kappa shape index (κ2) is 7.18. The topological polar surface area (TPSA) is 66.1 Å². The lowest BCUT2D eigenvalue weighted by Gasteiger charge is -2.11. The van der Waals surface area contributed by atoms with Crippen LogP contribution in [0.1, 0.15) is 48.1 Å². The monoisotopic (exact) mass is 317 g/mol. The molecule has 0 bridgehead atoms. The van der Waals surface area contributed by atoms with Crippen molar-refractivity contribution in [2.45, 2.75) is 38.6 Å². The maximum absolute atomic E-state index is 12.4. The Labute approximate surface area is 141 Å². The molecule has 0 fully saturated rings. The molecule has 2 heterocycles. The fraction of sp³-hybridized carbons (Fsp3) is 0.300. The standard InChI is InChI=1S/C20H19N3O/c1-14(15-5-3-2-4-6-15)9-18(24)11-17-10-16-12-23-20(7-8-21)19(16)13-22-17/h2-6,10,13-14H,7,9,11-12H2,1H3/t14-/m0/s1.